The van der Waals surface area contributed by atoms with Gasteiger partial charge in [-0.25, -0.2) is 4.79 Å². The Morgan fingerprint density at radius 2 is 1.16 bits per heavy atom. The summed E-state index contributed by atoms with van der Waals surface area (Å²) in [5.41, 5.74) is 0.825. The molecule has 3 aromatic rings. The van der Waals surface area contributed by atoms with E-state index in [4.69, 9.17) is 33.2 Å². The Hall–Kier alpha value is -5.72. The minimum Gasteiger partial charge on any atom is -0.481 e. The molecule has 0 saturated carbocycles. The lowest BCUT2D eigenvalue weighted by atomic mass is 9.93. The molecule has 0 aromatic heterocycles. The van der Waals surface area contributed by atoms with Crippen LogP contribution in [0.2, 0.25) is 0 Å². The van der Waals surface area contributed by atoms with E-state index in [0.717, 1.165) is 0 Å². The van der Waals surface area contributed by atoms with Crippen LogP contribution < -0.4 is 28.4 Å². The van der Waals surface area contributed by atoms with Gasteiger partial charge in [-0.15, -0.1) is 0 Å². The van der Waals surface area contributed by atoms with Crippen molar-refractivity contribution < 1.29 is 61.9 Å². The molecule has 0 saturated heterocycles. The van der Waals surface area contributed by atoms with E-state index < -0.39 is 48.0 Å². The van der Waals surface area contributed by atoms with Crippen molar-refractivity contribution in [3.05, 3.63) is 71.3 Å². The molecule has 0 unspecified atom stereocenters. The average molecular weight is 621 g/mol. The summed E-state index contributed by atoms with van der Waals surface area (Å²) >= 11 is 0. The monoisotopic (exact) mass is 620 g/mol. The van der Waals surface area contributed by atoms with E-state index in [9.17, 15) is 28.8 Å². The lowest BCUT2D eigenvalue weighted by Gasteiger charge is -2.34. The minimum atomic E-state index is -1.06. The number of rotatable bonds is 8. The van der Waals surface area contributed by atoms with Gasteiger partial charge in [-0.05, 0) is 36.4 Å². The Labute approximate surface area is 256 Å². The molecule has 0 amide bonds. The van der Waals surface area contributed by atoms with Crippen molar-refractivity contribution in [2.45, 2.75) is 53.2 Å². The summed E-state index contributed by atoms with van der Waals surface area (Å²) in [6, 6.07) is 12.7. The van der Waals surface area contributed by atoms with Crippen LogP contribution in [0.1, 0.15) is 62.2 Å². The third-order valence-corrected chi connectivity index (χ3v) is 6.07. The zero-order chi connectivity index (χ0) is 32.8. The summed E-state index contributed by atoms with van der Waals surface area (Å²) in [7, 11) is 0. The highest BCUT2D eigenvalue weighted by molar-refractivity contribution is 5.90. The van der Waals surface area contributed by atoms with Crippen LogP contribution in [-0.4, -0.2) is 41.9 Å². The van der Waals surface area contributed by atoms with E-state index in [1.807, 2.05) is 0 Å². The summed E-state index contributed by atoms with van der Waals surface area (Å²) in [5, 5.41) is 0. The molecule has 2 atom stereocenters. The quantitative estimate of drug-likeness (QED) is 0.260. The van der Waals surface area contributed by atoms with Crippen LogP contribution in [-0.2, 0) is 35.1 Å². The second-order valence-electron chi connectivity index (χ2n) is 9.78. The highest BCUT2D eigenvalue weighted by Crippen LogP contribution is 2.45. The number of fused-ring (bicyclic) bond motifs is 1. The van der Waals surface area contributed by atoms with Crippen LogP contribution in [0.15, 0.2) is 54.6 Å². The smallest absolute Gasteiger partial charge is 0.338 e. The van der Waals surface area contributed by atoms with Crippen LogP contribution in [0, 0.1) is 0 Å². The summed E-state index contributed by atoms with van der Waals surface area (Å²) < 4.78 is 38.2. The summed E-state index contributed by atoms with van der Waals surface area (Å²) in [5.74, 6) is -3.60. The van der Waals surface area contributed by atoms with Crippen molar-refractivity contribution >= 4 is 35.8 Å². The molecule has 234 valence electrons. The molecule has 45 heavy (non-hydrogen) atoms. The predicted molar refractivity (Wildman–Crippen MR) is 152 cm³/mol. The molecule has 1 aliphatic heterocycles. The van der Waals surface area contributed by atoms with Crippen LogP contribution in [0.5, 0.6) is 34.5 Å². The van der Waals surface area contributed by atoms with Crippen molar-refractivity contribution in [1.29, 1.82) is 0 Å². The Kier molecular flexibility index (Phi) is 9.81. The number of esters is 6. The number of hydrogen-bond donors (Lipinski definition) is 0. The van der Waals surface area contributed by atoms with Gasteiger partial charge >= 0.3 is 35.8 Å². The van der Waals surface area contributed by atoms with Gasteiger partial charge in [0.05, 0.1) is 5.56 Å². The Morgan fingerprint density at radius 1 is 0.600 bits per heavy atom. The number of carbonyl (C=O) groups excluding carboxylic acids is 6. The van der Waals surface area contributed by atoms with Crippen LogP contribution in [0.25, 0.3) is 0 Å². The van der Waals surface area contributed by atoms with Crippen molar-refractivity contribution in [1.82, 2.24) is 0 Å². The third kappa shape index (κ3) is 8.44. The highest BCUT2D eigenvalue weighted by atomic mass is 16.6. The molecular formula is C32H28O13. The van der Waals surface area contributed by atoms with Gasteiger partial charge in [-0.1, -0.05) is 6.07 Å². The Bertz CT molecular complexity index is 1670. The van der Waals surface area contributed by atoms with Gasteiger partial charge in [0.1, 0.15) is 29.1 Å². The fourth-order valence-corrected chi connectivity index (χ4v) is 4.49. The number of carbonyl (C=O) groups is 6. The minimum absolute atomic E-state index is 0.0206. The van der Waals surface area contributed by atoms with E-state index in [-0.39, 0.29) is 46.5 Å². The maximum atomic E-state index is 13.3. The molecule has 1 heterocycles. The van der Waals surface area contributed by atoms with Crippen LogP contribution >= 0.6 is 0 Å². The number of hydrogen-bond acceptors (Lipinski definition) is 13. The van der Waals surface area contributed by atoms with Gasteiger partial charge in [-0.3, -0.25) is 24.0 Å². The molecule has 3 aromatic carbocycles. The molecular weight excluding hydrogens is 592 g/mol. The molecule has 13 heteroatoms. The van der Waals surface area contributed by atoms with Crippen LogP contribution in [0.4, 0.5) is 0 Å². The van der Waals surface area contributed by atoms with Crippen LogP contribution in [0.3, 0.4) is 0 Å². The van der Waals surface area contributed by atoms with Gasteiger partial charge in [0.15, 0.2) is 17.6 Å². The molecule has 0 bridgehead atoms. The molecule has 1 aliphatic rings. The first kappa shape index (κ1) is 32.2. The van der Waals surface area contributed by atoms with Gasteiger partial charge in [0, 0.05) is 64.3 Å². The standard InChI is InChI=1S/C32H28O13/c1-16(33)39-23-9-6-21(7-10-23)32(38)45-30-15-25-27(42-19(4)36)13-24(40-17(2)34)14-28(25)44-31(30)22-8-11-26(41-18(3)35)29(12-22)43-20(5)37/h6-14,30-31H,15H2,1-5H3/t30-,31+/m1/s1. The number of benzene rings is 3. The molecule has 0 fully saturated rings. The highest BCUT2D eigenvalue weighted by Gasteiger charge is 2.38. The van der Waals surface area contributed by atoms with Gasteiger partial charge in [0.25, 0.3) is 0 Å². The summed E-state index contributed by atoms with van der Waals surface area (Å²) in [6.07, 6.45) is -2.15. The number of ether oxygens (including phenoxy) is 7. The largest absolute Gasteiger partial charge is 0.481 e. The Morgan fingerprint density at radius 3 is 1.76 bits per heavy atom. The SMILES string of the molecule is CC(=O)Oc1ccc(C(=O)O[C@@H]2Cc3c(OC(C)=O)cc(OC(C)=O)cc3O[C@H]2c2ccc(OC(C)=O)c(OC(C)=O)c2)cc1. The molecule has 4 rings (SSSR count). The maximum Gasteiger partial charge on any atom is 0.338 e. The first-order chi connectivity index (χ1) is 21.3. The molecule has 13 nitrogen and oxygen atoms in total. The van der Waals surface area contributed by atoms with Gasteiger partial charge in [-0.2, -0.15) is 0 Å². The zero-order valence-corrected chi connectivity index (χ0v) is 24.9. The van der Waals surface area contributed by atoms with E-state index in [2.05, 4.69) is 0 Å². The first-order valence-corrected chi connectivity index (χ1v) is 13.5. The van der Waals surface area contributed by atoms with Crippen molar-refractivity contribution in [3.8, 4) is 34.5 Å². The topological polar surface area (TPSA) is 167 Å². The molecule has 0 radical (unpaired) electrons. The van der Waals surface area contributed by atoms with Gasteiger partial charge < -0.3 is 33.2 Å². The summed E-state index contributed by atoms with van der Waals surface area (Å²) in [4.78, 5) is 71.6. The van der Waals surface area contributed by atoms with Crippen molar-refractivity contribution in [2.75, 3.05) is 0 Å². The molecule has 0 spiro atoms. The zero-order valence-electron chi connectivity index (χ0n) is 24.9. The molecule has 0 N–H and O–H groups in total. The van der Waals surface area contributed by atoms with Gasteiger partial charge in [0.2, 0.25) is 0 Å². The van der Waals surface area contributed by atoms with E-state index in [0.29, 0.717) is 11.1 Å². The predicted octanol–water partition coefficient (Wildman–Crippen LogP) is 4.21. The first-order valence-electron chi connectivity index (χ1n) is 13.5. The third-order valence-electron chi connectivity index (χ3n) is 6.07. The molecule has 0 aliphatic carbocycles. The van der Waals surface area contributed by atoms with Crippen molar-refractivity contribution in [2.24, 2.45) is 0 Å². The fraction of sp³-hybridized carbons (Fsp3) is 0.250. The normalized spacial score (nSPS) is 15.0. The van der Waals surface area contributed by atoms with E-state index >= 15 is 0 Å². The van der Waals surface area contributed by atoms with E-state index in [1.165, 1.54) is 89.2 Å². The fourth-order valence-electron chi connectivity index (χ4n) is 4.49. The Balaban J connectivity index is 1.78. The maximum absolute atomic E-state index is 13.3. The average Bonchev–Trinajstić information content (AvgIpc) is 2.93. The van der Waals surface area contributed by atoms with E-state index in [1.54, 1.807) is 0 Å². The lowest BCUT2D eigenvalue weighted by Crippen LogP contribution is -2.35. The van der Waals surface area contributed by atoms with Crippen molar-refractivity contribution in [3.63, 3.8) is 0 Å². The lowest BCUT2D eigenvalue weighted by molar-refractivity contribution is -0.134. The summed E-state index contributed by atoms with van der Waals surface area (Å²) in [6.45, 7) is 5.98. The second kappa shape index (κ2) is 13.7. The second-order valence-corrected chi connectivity index (χ2v) is 9.78.